The first-order chi connectivity index (χ1) is 15.5. The number of aromatic nitrogens is 2. The van der Waals surface area contributed by atoms with Gasteiger partial charge in [0.05, 0.1) is 12.2 Å². The Hall–Kier alpha value is -2.51. The molecule has 180 valence electrons. The van der Waals surface area contributed by atoms with Gasteiger partial charge in [-0.2, -0.15) is 18.3 Å². The van der Waals surface area contributed by atoms with Gasteiger partial charge in [-0.05, 0) is 53.8 Å². The third-order valence-corrected chi connectivity index (χ3v) is 6.23. The van der Waals surface area contributed by atoms with Crippen LogP contribution in [-0.4, -0.2) is 71.8 Å². The van der Waals surface area contributed by atoms with E-state index in [0.29, 0.717) is 26.2 Å². The zero-order valence-corrected chi connectivity index (χ0v) is 20.8. The van der Waals surface area contributed by atoms with Gasteiger partial charge < -0.3 is 20.0 Å². The van der Waals surface area contributed by atoms with Crippen molar-refractivity contribution in [2.45, 2.75) is 26.2 Å². The minimum atomic E-state index is -4.65. The van der Waals surface area contributed by atoms with Gasteiger partial charge in [0.1, 0.15) is 6.54 Å². The van der Waals surface area contributed by atoms with Gasteiger partial charge in [0.2, 0.25) is 5.91 Å². The summed E-state index contributed by atoms with van der Waals surface area (Å²) in [5, 5.41) is 6.23. The minimum absolute atomic E-state index is 0.0992. The SMILES string of the molecule is Cc1c(C(F)(F)F)nn(CC(=O)N2CCN(c3ccc(I)cc3)CC2)c1CNC(=O)N(C)C. The number of carbonyl (C=O) groups is 2. The number of hydrogen-bond donors (Lipinski definition) is 1. The molecule has 0 atom stereocenters. The van der Waals surface area contributed by atoms with Gasteiger partial charge in [0.25, 0.3) is 0 Å². The van der Waals surface area contributed by atoms with Crippen molar-refractivity contribution in [3.8, 4) is 0 Å². The second-order valence-electron chi connectivity index (χ2n) is 7.97. The summed E-state index contributed by atoms with van der Waals surface area (Å²) in [6, 6.07) is 7.64. The van der Waals surface area contributed by atoms with E-state index in [0.717, 1.165) is 13.9 Å². The molecule has 8 nitrogen and oxygen atoms in total. The van der Waals surface area contributed by atoms with E-state index in [1.807, 2.05) is 24.3 Å². The number of amides is 3. The first-order valence-corrected chi connectivity index (χ1v) is 11.4. The highest BCUT2D eigenvalue weighted by Gasteiger charge is 2.38. The third-order valence-electron chi connectivity index (χ3n) is 5.51. The maximum absolute atomic E-state index is 13.4. The lowest BCUT2D eigenvalue weighted by Crippen LogP contribution is -2.49. The summed E-state index contributed by atoms with van der Waals surface area (Å²) in [5.41, 5.74) is 0.0770. The van der Waals surface area contributed by atoms with Crippen molar-refractivity contribution >= 4 is 40.2 Å². The van der Waals surface area contributed by atoms with Crippen LogP contribution in [0.15, 0.2) is 24.3 Å². The number of anilines is 1. The van der Waals surface area contributed by atoms with Crippen LogP contribution in [0.2, 0.25) is 0 Å². The Bertz CT molecular complexity index is 999. The summed E-state index contributed by atoms with van der Waals surface area (Å²) in [7, 11) is 3.06. The molecule has 0 spiro atoms. The Labute approximate surface area is 203 Å². The maximum atomic E-state index is 13.4. The van der Waals surface area contributed by atoms with Crippen molar-refractivity contribution in [3.63, 3.8) is 0 Å². The zero-order valence-electron chi connectivity index (χ0n) is 18.6. The van der Waals surface area contributed by atoms with Gasteiger partial charge in [-0.25, -0.2) is 4.79 Å². The molecule has 1 aliphatic heterocycles. The standard InChI is InChI=1S/C21H26F3IN6O2/c1-14-17(12-26-20(33)28(2)3)31(27-19(14)21(22,23)24)13-18(32)30-10-8-29(9-11-30)16-6-4-15(25)5-7-16/h4-7H,8-13H2,1-3H3,(H,26,33). The average Bonchev–Trinajstić information content (AvgIpc) is 3.08. The van der Waals surface area contributed by atoms with E-state index >= 15 is 0 Å². The molecule has 2 aromatic rings. The largest absolute Gasteiger partial charge is 0.435 e. The number of piperazine rings is 1. The van der Waals surface area contributed by atoms with Gasteiger partial charge in [0, 0.05) is 55.1 Å². The summed E-state index contributed by atoms with van der Waals surface area (Å²) >= 11 is 2.24. The Morgan fingerprint density at radius 1 is 1.12 bits per heavy atom. The lowest BCUT2D eigenvalue weighted by molar-refractivity contribution is -0.142. The van der Waals surface area contributed by atoms with E-state index in [9.17, 15) is 22.8 Å². The fraction of sp³-hybridized carbons (Fsp3) is 0.476. The van der Waals surface area contributed by atoms with Crippen LogP contribution in [0, 0.1) is 10.5 Å². The summed E-state index contributed by atoms with van der Waals surface area (Å²) < 4.78 is 42.4. The highest BCUT2D eigenvalue weighted by molar-refractivity contribution is 14.1. The smallest absolute Gasteiger partial charge is 0.368 e. The summed E-state index contributed by atoms with van der Waals surface area (Å²) in [6.45, 7) is 2.99. The minimum Gasteiger partial charge on any atom is -0.368 e. The Morgan fingerprint density at radius 2 is 1.73 bits per heavy atom. The number of alkyl halides is 3. The molecule has 1 aliphatic rings. The monoisotopic (exact) mass is 578 g/mol. The maximum Gasteiger partial charge on any atom is 0.435 e. The van der Waals surface area contributed by atoms with Crippen molar-refractivity contribution in [3.05, 3.63) is 44.8 Å². The zero-order chi connectivity index (χ0) is 24.3. The van der Waals surface area contributed by atoms with Crippen LogP contribution >= 0.6 is 22.6 Å². The van der Waals surface area contributed by atoms with Gasteiger partial charge >= 0.3 is 12.2 Å². The number of nitrogens with zero attached hydrogens (tertiary/aromatic N) is 5. The first kappa shape index (κ1) is 25.1. The third kappa shape index (κ3) is 6.09. The Morgan fingerprint density at radius 3 is 2.27 bits per heavy atom. The second kappa shape index (κ2) is 10.2. The molecule has 12 heteroatoms. The van der Waals surface area contributed by atoms with Gasteiger partial charge in [0.15, 0.2) is 5.69 Å². The molecule has 2 heterocycles. The summed E-state index contributed by atoms with van der Waals surface area (Å²) in [6.07, 6.45) is -4.65. The molecule has 0 bridgehead atoms. The van der Waals surface area contributed by atoms with E-state index in [1.54, 1.807) is 4.90 Å². The molecule has 3 rings (SSSR count). The van der Waals surface area contributed by atoms with Crippen LogP contribution in [0.5, 0.6) is 0 Å². The number of carbonyl (C=O) groups excluding carboxylic acids is 2. The molecule has 1 aromatic carbocycles. The van der Waals surface area contributed by atoms with Crippen LogP contribution in [0.4, 0.5) is 23.7 Å². The van der Waals surface area contributed by atoms with Crippen LogP contribution in [0.25, 0.3) is 0 Å². The highest BCUT2D eigenvalue weighted by atomic mass is 127. The van der Waals surface area contributed by atoms with Gasteiger partial charge in [-0.3, -0.25) is 9.48 Å². The number of nitrogens with one attached hydrogen (secondary N) is 1. The Kier molecular flexibility index (Phi) is 7.75. The van der Waals surface area contributed by atoms with E-state index in [4.69, 9.17) is 0 Å². The number of urea groups is 1. The van der Waals surface area contributed by atoms with Gasteiger partial charge in [-0.1, -0.05) is 0 Å². The number of rotatable bonds is 5. The van der Waals surface area contributed by atoms with Crippen LogP contribution in [0.3, 0.4) is 0 Å². The predicted octanol–water partition coefficient (Wildman–Crippen LogP) is 2.93. The van der Waals surface area contributed by atoms with Crippen molar-refractivity contribution in [1.82, 2.24) is 24.9 Å². The molecule has 1 fully saturated rings. The van der Waals surface area contributed by atoms with Crippen molar-refractivity contribution < 1.29 is 22.8 Å². The predicted molar refractivity (Wildman–Crippen MR) is 126 cm³/mol. The molecule has 33 heavy (non-hydrogen) atoms. The molecule has 0 radical (unpaired) electrons. The fourth-order valence-corrected chi connectivity index (χ4v) is 3.98. The van der Waals surface area contributed by atoms with Gasteiger partial charge in [-0.15, -0.1) is 0 Å². The summed E-state index contributed by atoms with van der Waals surface area (Å²) in [4.78, 5) is 29.8. The molecule has 0 unspecified atom stereocenters. The van der Waals surface area contributed by atoms with E-state index in [-0.39, 0.29) is 30.3 Å². The lowest BCUT2D eigenvalue weighted by atomic mass is 10.2. The molecule has 0 saturated carbocycles. The Balaban J connectivity index is 1.70. The van der Waals surface area contributed by atoms with Crippen LogP contribution in [-0.2, 0) is 24.1 Å². The lowest BCUT2D eigenvalue weighted by Gasteiger charge is -2.36. The van der Waals surface area contributed by atoms with Crippen molar-refractivity contribution in [2.75, 3.05) is 45.2 Å². The number of benzene rings is 1. The van der Waals surface area contributed by atoms with Crippen molar-refractivity contribution in [2.24, 2.45) is 0 Å². The topological polar surface area (TPSA) is 73.7 Å². The number of halogens is 4. The first-order valence-electron chi connectivity index (χ1n) is 10.3. The van der Waals surface area contributed by atoms with E-state index < -0.39 is 17.9 Å². The summed E-state index contributed by atoms with van der Waals surface area (Å²) in [5.74, 6) is -0.311. The molecular weight excluding hydrogens is 552 g/mol. The van der Waals surface area contributed by atoms with E-state index in [1.165, 1.54) is 25.9 Å². The molecule has 3 amide bonds. The quantitative estimate of drug-likeness (QED) is 0.555. The average molecular weight is 578 g/mol. The molecular formula is C21H26F3IN6O2. The molecule has 0 aliphatic carbocycles. The second-order valence-corrected chi connectivity index (χ2v) is 9.22. The molecule has 1 N–H and O–H groups in total. The normalized spacial score (nSPS) is 14.4. The van der Waals surface area contributed by atoms with Crippen molar-refractivity contribution in [1.29, 1.82) is 0 Å². The number of hydrogen-bond acceptors (Lipinski definition) is 4. The van der Waals surface area contributed by atoms with E-state index in [2.05, 4.69) is 37.9 Å². The van der Waals surface area contributed by atoms with Crippen LogP contribution in [0.1, 0.15) is 17.0 Å². The highest BCUT2D eigenvalue weighted by Crippen LogP contribution is 2.32. The molecule has 1 saturated heterocycles. The molecule has 1 aromatic heterocycles. The van der Waals surface area contributed by atoms with Crippen LogP contribution < -0.4 is 10.2 Å². The fourth-order valence-electron chi connectivity index (χ4n) is 3.62.